The van der Waals surface area contributed by atoms with E-state index in [1.807, 2.05) is 45.2 Å². The maximum atomic E-state index is 13.2. The van der Waals surface area contributed by atoms with Crippen molar-refractivity contribution in [3.8, 4) is 22.5 Å². The van der Waals surface area contributed by atoms with Gasteiger partial charge in [-0.1, -0.05) is 68.8 Å². The number of hydrogen-bond acceptors (Lipinski definition) is 5. The van der Waals surface area contributed by atoms with Crippen molar-refractivity contribution in [1.82, 2.24) is 25.5 Å². The molecule has 0 aliphatic rings. The molecule has 1 unspecified atom stereocenters. The lowest BCUT2D eigenvalue weighted by atomic mass is 9.89. The first-order valence-corrected chi connectivity index (χ1v) is 10.7. The number of benzene rings is 2. The van der Waals surface area contributed by atoms with Gasteiger partial charge in [0.2, 0.25) is 11.7 Å². The van der Waals surface area contributed by atoms with Crippen LogP contribution in [0.1, 0.15) is 45.6 Å². The molecule has 3 aromatic rings. The molecule has 1 atom stereocenters. The monoisotopic (exact) mass is 418 g/mol. The third-order valence-electron chi connectivity index (χ3n) is 5.57. The van der Waals surface area contributed by atoms with Crippen LogP contribution in [0.15, 0.2) is 53.5 Å². The molecule has 0 saturated carbocycles. The van der Waals surface area contributed by atoms with Gasteiger partial charge in [-0.3, -0.25) is 9.79 Å². The second-order valence-corrected chi connectivity index (χ2v) is 7.66. The van der Waals surface area contributed by atoms with Gasteiger partial charge in [-0.05, 0) is 47.9 Å². The fraction of sp³-hybridized carbons (Fsp3) is 0.375. The van der Waals surface area contributed by atoms with Crippen LogP contribution >= 0.6 is 0 Å². The van der Waals surface area contributed by atoms with E-state index in [9.17, 15) is 4.79 Å². The summed E-state index contributed by atoms with van der Waals surface area (Å²) in [6.07, 6.45) is 4.11. The highest BCUT2D eigenvalue weighted by molar-refractivity contribution is 5.87. The van der Waals surface area contributed by atoms with Gasteiger partial charge in [0, 0.05) is 19.2 Å². The number of likely N-dealkylation sites (N-methyl/N-ethyl adjacent to an activating group) is 1. The Morgan fingerprint density at radius 2 is 1.84 bits per heavy atom. The number of nitrogens with one attached hydrogen (secondary N) is 1. The Hall–Kier alpha value is -3.35. The molecule has 1 aromatic heterocycles. The first-order chi connectivity index (χ1) is 15.0. The van der Waals surface area contributed by atoms with Crippen molar-refractivity contribution in [2.24, 2.45) is 4.99 Å². The largest absolute Gasteiger partial charge is 0.339 e. The number of carbonyl (C=O) groups excluding carboxylic acids is 1. The Kier molecular flexibility index (Phi) is 7.28. The number of H-pyrrole nitrogens is 1. The highest BCUT2D eigenvalue weighted by Gasteiger charge is 2.36. The zero-order valence-corrected chi connectivity index (χ0v) is 18.7. The topological polar surface area (TPSA) is 87.1 Å². The normalized spacial score (nSPS) is 13.3. The predicted octanol–water partition coefficient (Wildman–Crippen LogP) is 4.53. The van der Waals surface area contributed by atoms with E-state index in [0.29, 0.717) is 18.8 Å². The fourth-order valence-corrected chi connectivity index (χ4v) is 4.00. The molecule has 0 aliphatic carbocycles. The molecule has 3 rings (SSSR count). The van der Waals surface area contributed by atoms with Gasteiger partial charge in [0.05, 0.1) is 0 Å². The molecule has 7 heteroatoms. The van der Waals surface area contributed by atoms with Crippen molar-refractivity contribution in [3.05, 3.63) is 54.1 Å². The summed E-state index contributed by atoms with van der Waals surface area (Å²) < 4.78 is 0. The lowest BCUT2D eigenvalue weighted by Crippen LogP contribution is -2.45. The molecule has 1 amide bonds. The third kappa shape index (κ3) is 4.87. The fourth-order valence-electron chi connectivity index (χ4n) is 4.00. The van der Waals surface area contributed by atoms with Crippen LogP contribution in [0.25, 0.3) is 22.5 Å². The predicted molar refractivity (Wildman–Crippen MR) is 124 cm³/mol. The van der Waals surface area contributed by atoms with Crippen LogP contribution in [-0.4, -0.2) is 50.2 Å². The number of hydrogen-bond donors (Lipinski definition) is 1. The Labute approximate surface area is 183 Å². The van der Waals surface area contributed by atoms with Crippen LogP contribution in [0.5, 0.6) is 0 Å². The molecule has 0 radical (unpaired) electrons. The second-order valence-electron chi connectivity index (χ2n) is 7.66. The van der Waals surface area contributed by atoms with Gasteiger partial charge in [-0.2, -0.15) is 5.21 Å². The molecule has 162 valence electrons. The van der Waals surface area contributed by atoms with E-state index < -0.39 is 5.54 Å². The van der Waals surface area contributed by atoms with Crippen LogP contribution in [0.2, 0.25) is 0 Å². The third-order valence-corrected chi connectivity index (χ3v) is 5.57. The van der Waals surface area contributed by atoms with Crippen molar-refractivity contribution in [3.63, 3.8) is 0 Å². The smallest absolute Gasteiger partial charge is 0.250 e. The van der Waals surface area contributed by atoms with Crippen molar-refractivity contribution in [2.75, 3.05) is 7.05 Å². The van der Waals surface area contributed by atoms with E-state index in [1.54, 1.807) is 11.1 Å². The minimum absolute atomic E-state index is 0.0708. The molecule has 1 heterocycles. The summed E-state index contributed by atoms with van der Waals surface area (Å²) in [7, 11) is 1.85. The van der Waals surface area contributed by atoms with Crippen LogP contribution in [-0.2, 0) is 11.3 Å². The first-order valence-electron chi connectivity index (χ1n) is 10.7. The molecule has 0 spiro atoms. The minimum Gasteiger partial charge on any atom is -0.339 e. The van der Waals surface area contributed by atoms with E-state index in [-0.39, 0.29) is 5.91 Å². The SMILES string of the molecule is CC=NC(CC)(CCC)C(=O)N(C)Cc1ccc(-c2ccccc2-c2nn[nH]n2)cc1. The molecule has 0 bridgehead atoms. The molecular formula is C24H30N6O. The van der Waals surface area contributed by atoms with Crippen LogP contribution in [0, 0.1) is 0 Å². The first kappa shape index (κ1) is 22.3. The van der Waals surface area contributed by atoms with E-state index in [0.717, 1.165) is 35.1 Å². The average Bonchev–Trinajstić information content (AvgIpc) is 3.34. The number of carbonyl (C=O) groups is 1. The maximum Gasteiger partial charge on any atom is 0.250 e. The summed E-state index contributed by atoms with van der Waals surface area (Å²) in [6, 6.07) is 16.2. The number of amides is 1. The number of aromatic amines is 1. The summed E-state index contributed by atoms with van der Waals surface area (Å²) in [5.41, 5.74) is 3.41. The number of aliphatic imine (C=N–C) groups is 1. The summed E-state index contributed by atoms with van der Waals surface area (Å²) in [4.78, 5) is 19.6. The summed E-state index contributed by atoms with van der Waals surface area (Å²) in [6.45, 7) is 6.53. The van der Waals surface area contributed by atoms with E-state index in [2.05, 4.69) is 56.8 Å². The van der Waals surface area contributed by atoms with Gasteiger partial charge in [0.1, 0.15) is 5.54 Å². The average molecular weight is 419 g/mol. The highest BCUT2D eigenvalue weighted by atomic mass is 16.2. The van der Waals surface area contributed by atoms with Gasteiger partial charge < -0.3 is 4.90 Å². The highest BCUT2D eigenvalue weighted by Crippen LogP contribution is 2.30. The van der Waals surface area contributed by atoms with Gasteiger partial charge in [-0.15, -0.1) is 10.2 Å². The number of aromatic nitrogens is 4. The Balaban J connectivity index is 1.79. The van der Waals surface area contributed by atoms with Gasteiger partial charge in [-0.25, -0.2) is 0 Å². The molecule has 0 aliphatic heterocycles. The standard InChI is InChI=1S/C24H30N6O/c1-5-16-24(6-2,25-7-3)23(31)30(4)17-18-12-14-19(15-13-18)20-10-8-9-11-21(20)22-26-28-29-27-22/h7-15H,5-6,16-17H2,1-4H3,(H,26,27,28,29). The zero-order valence-electron chi connectivity index (χ0n) is 18.7. The van der Waals surface area contributed by atoms with Crippen LogP contribution < -0.4 is 0 Å². The van der Waals surface area contributed by atoms with Gasteiger partial charge in [0.15, 0.2) is 0 Å². The molecule has 1 N–H and O–H groups in total. The van der Waals surface area contributed by atoms with Crippen molar-refractivity contribution in [1.29, 1.82) is 0 Å². The molecule has 31 heavy (non-hydrogen) atoms. The minimum atomic E-state index is -0.665. The molecule has 0 saturated heterocycles. The summed E-state index contributed by atoms with van der Waals surface area (Å²) in [5.74, 6) is 0.634. The van der Waals surface area contributed by atoms with Crippen LogP contribution in [0.3, 0.4) is 0 Å². The number of rotatable bonds is 9. The Bertz CT molecular complexity index is 1010. The zero-order chi connectivity index (χ0) is 22.3. The summed E-state index contributed by atoms with van der Waals surface area (Å²) in [5, 5.41) is 14.4. The van der Waals surface area contributed by atoms with Crippen molar-refractivity contribution < 1.29 is 4.79 Å². The quantitative estimate of drug-likeness (QED) is 0.517. The Morgan fingerprint density at radius 1 is 1.13 bits per heavy atom. The van der Waals surface area contributed by atoms with Gasteiger partial charge in [0.25, 0.3) is 0 Å². The van der Waals surface area contributed by atoms with Crippen LogP contribution in [0.4, 0.5) is 0 Å². The van der Waals surface area contributed by atoms with Crippen molar-refractivity contribution >= 4 is 12.1 Å². The van der Waals surface area contributed by atoms with E-state index in [4.69, 9.17) is 0 Å². The molecule has 0 fully saturated rings. The lowest BCUT2D eigenvalue weighted by molar-refractivity contribution is -0.136. The molecule has 2 aromatic carbocycles. The van der Waals surface area contributed by atoms with E-state index >= 15 is 0 Å². The second kappa shape index (κ2) is 10.1. The van der Waals surface area contributed by atoms with Crippen molar-refractivity contribution in [2.45, 2.75) is 52.1 Å². The maximum absolute atomic E-state index is 13.2. The number of nitrogens with zero attached hydrogens (tertiary/aromatic N) is 5. The van der Waals surface area contributed by atoms with Gasteiger partial charge >= 0.3 is 0 Å². The molecule has 7 nitrogen and oxygen atoms in total. The number of tetrazole rings is 1. The summed E-state index contributed by atoms with van der Waals surface area (Å²) >= 11 is 0. The Morgan fingerprint density at radius 3 is 2.42 bits per heavy atom. The van der Waals surface area contributed by atoms with E-state index in [1.165, 1.54) is 0 Å². The lowest BCUT2D eigenvalue weighted by Gasteiger charge is -2.32. The molecular weight excluding hydrogens is 388 g/mol.